The molecule has 3 amide bonds. The molecule has 0 unspecified atom stereocenters. The van der Waals surface area contributed by atoms with Crippen LogP contribution >= 0.6 is 34.8 Å². The fraction of sp³-hybridized carbons (Fsp3) is 0.167. The predicted octanol–water partition coefficient (Wildman–Crippen LogP) is 3.47. The van der Waals surface area contributed by atoms with E-state index >= 15 is 0 Å². The predicted molar refractivity (Wildman–Crippen MR) is 107 cm³/mol. The van der Waals surface area contributed by atoms with E-state index in [1.165, 1.54) is 30.1 Å². The van der Waals surface area contributed by atoms with Crippen molar-refractivity contribution in [3.05, 3.63) is 63.1 Å². The van der Waals surface area contributed by atoms with Crippen LogP contribution in [0.1, 0.15) is 10.4 Å². The summed E-state index contributed by atoms with van der Waals surface area (Å²) >= 11 is 17.6. The summed E-state index contributed by atoms with van der Waals surface area (Å²) in [5, 5.41) is 6.17. The summed E-state index contributed by atoms with van der Waals surface area (Å²) in [7, 11) is 1.46. The summed E-state index contributed by atoms with van der Waals surface area (Å²) in [6.07, 6.45) is 0. The molecule has 2 aromatic rings. The van der Waals surface area contributed by atoms with Crippen molar-refractivity contribution in [3.8, 4) is 0 Å². The van der Waals surface area contributed by atoms with Crippen LogP contribution in [-0.4, -0.2) is 42.8 Å². The van der Waals surface area contributed by atoms with E-state index in [-0.39, 0.29) is 29.6 Å². The maximum absolute atomic E-state index is 12.1. The zero-order valence-corrected chi connectivity index (χ0v) is 16.5. The standard InChI is InChI=1S/C18H16Cl3N3O3/c1-24(10-16(25)23-13-4-2-3-11(19)7-13)17(26)9-22-18(27)14-6-5-12(20)8-15(14)21/h2-8H,9-10H2,1H3,(H,22,27)(H,23,25). The lowest BCUT2D eigenvalue weighted by molar-refractivity contribution is -0.132. The zero-order chi connectivity index (χ0) is 20.0. The molecule has 0 atom stereocenters. The second kappa shape index (κ2) is 9.60. The summed E-state index contributed by atoms with van der Waals surface area (Å²) in [6.45, 7) is -0.457. The van der Waals surface area contributed by atoms with Gasteiger partial charge in [0.25, 0.3) is 5.91 Å². The minimum Gasteiger partial charge on any atom is -0.343 e. The molecule has 27 heavy (non-hydrogen) atoms. The smallest absolute Gasteiger partial charge is 0.253 e. The number of likely N-dealkylation sites (N-methyl/N-ethyl adjacent to an activating group) is 1. The van der Waals surface area contributed by atoms with Crippen molar-refractivity contribution >= 4 is 58.2 Å². The Morgan fingerprint density at radius 2 is 1.70 bits per heavy atom. The fourth-order valence-corrected chi connectivity index (χ4v) is 2.81. The van der Waals surface area contributed by atoms with Gasteiger partial charge in [0, 0.05) is 22.8 Å². The Morgan fingerprint density at radius 1 is 1.00 bits per heavy atom. The lowest BCUT2D eigenvalue weighted by atomic mass is 10.2. The SMILES string of the molecule is CN(CC(=O)Nc1cccc(Cl)c1)C(=O)CNC(=O)c1ccc(Cl)cc1Cl. The molecule has 2 rings (SSSR count). The van der Waals surface area contributed by atoms with Crippen LogP contribution in [0.2, 0.25) is 15.1 Å². The molecule has 142 valence electrons. The Balaban J connectivity index is 1.84. The van der Waals surface area contributed by atoms with Gasteiger partial charge in [0.2, 0.25) is 11.8 Å². The Morgan fingerprint density at radius 3 is 2.37 bits per heavy atom. The number of hydrogen-bond acceptors (Lipinski definition) is 3. The van der Waals surface area contributed by atoms with Gasteiger partial charge in [0.05, 0.1) is 23.7 Å². The molecule has 0 heterocycles. The Hall–Kier alpha value is -2.28. The van der Waals surface area contributed by atoms with Gasteiger partial charge in [-0.2, -0.15) is 0 Å². The van der Waals surface area contributed by atoms with Gasteiger partial charge in [-0.15, -0.1) is 0 Å². The molecule has 0 saturated heterocycles. The first-order valence-corrected chi connectivity index (χ1v) is 8.92. The third-order valence-electron chi connectivity index (χ3n) is 3.49. The van der Waals surface area contributed by atoms with Gasteiger partial charge in [0.15, 0.2) is 0 Å². The number of carbonyl (C=O) groups is 3. The second-order valence-corrected chi connectivity index (χ2v) is 6.90. The maximum Gasteiger partial charge on any atom is 0.253 e. The summed E-state index contributed by atoms with van der Waals surface area (Å²) < 4.78 is 0. The molecular formula is C18H16Cl3N3O3. The molecule has 2 aromatic carbocycles. The van der Waals surface area contributed by atoms with Crippen molar-refractivity contribution in [1.82, 2.24) is 10.2 Å². The fourth-order valence-electron chi connectivity index (χ4n) is 2.13. The highest BCUT2D eigenvalue weighted by atomic mass is 35.5. The van der Waals surface area contributed by atoms with E-state index in [2.05, 4.69) is 10.6 Å². The van der Waals surface area contributed by atoms with Crippen molar-refractivity contribution in [2.45, 2.75) is 0 Å². The molecule has 0 aliphatic rings. The third-order valence-corrected chi connectivity index (χ3v) is 4.27. The number of hydrogen-bond donors (Lipinski definition) is 2. The van der Waals surface area contributed by atoms with Gasteiger partial charge in [-0.1, -0.05) is 40.9 Å². The van der Waals surface area contributed by atoms with Gasteiger partial charge in [-0.25, -0.2) is 0 Å². The van der Waals surface area contributed by atoms with Gasteiger partial charge < -0.3 is 15.5 Å². The summed E-state index contributed by atoms with van der Waals surface area (Å²) in [6, 6.07) is 11.1. The molecule has 2 N–H and O–H groups in total. The lowest BCUT2D eigenvalue weighted by Crippen LogP contribution is -2.41. The average Bonchev–Trinajstić information content (AvgIpc) is 2.59. The van der Waals surface area contributed by atoms with E-state index in [4.69, 9.17) is 34.8 Å². The summed E-state index contributed by atoms with van der Waals surface area (Å²) in [5.74, 6) is -1.34. The molecule has 0 aliphatic carbocycles. The van der Waals surface area contributed by atoms with Crippen LogP contribution in [-0.2, 0) is 9.59 Å². The Kier molecular flexibility index (Phi) is 7.47. The third kappa shape index (κ3) is 6.43. The van der Waals surface area contributed by atoms with Crippen molar-refractivity contribution < 1.29 is 14.4 Å². The molecule has 0 bridgehead atoms. The van der Waals surface area contributed by atoms with Gasteiger partial charge in [-0.3, -0.25) is 14.4 Å². The van der Waals surface area contributed by atoms with Crippen LogP contribution in [0.4, 0.5) is 5.69 Å². The van der Waals surface area contributed by atoms with E-state index in [1.54, 1.807) is 24.3 Å². The zero-order valence-electron chi connectivity index (χ0n) is 14.3. The largest absolute Gasteiger partial charge is 0.343 e. The number of carbonyl (C=O) groups excluding carboxylic acids is 3. The molecular weight excluding hydrogens is 413 g/mol. The molecule has 9 heteroatoms. The quantitative estimate of drug-likeness (QED) is 0.739. The monoisotopic (exact) mass is 427 g/mol. The van der Waals surface area contributed by atoms with Gasteiger partial charge >= 0.3 is 0 Å². The van der Waals surface area contributed by atoms with Crippen LogP contribution in [0, 0.1) is 0 Å². The number of amides is 3. The van der Waals surface area contributed by atoms with E-state index in [9.17, 15) is 14.4 Å². The van der Waals surface area contributed by atoms with E-state index in [0.717, 1.165) is 0 Å². The lowest BCUT2D eigenvalue weighted by Gasteiger charge is -2.17. The van der Waals surface area contributed by atoms with Crippen molar-refractivity contribution in [2.75, 3.05) is 25.5 Å². The molecule has 0 aromatic heterocycles. The highest BCUT2D eigenvalue weighted by molar-refractivity contribution is 6.36. The number of rotatable bonds is 6. The molecule has 6 nitrogen and oxygen atoms in total. The molecule has 0 saturated carbocycles. The van der Waals surface area contributed by atoms with Gasteiger partial charge in [-0.05, 0) is 36.4 Å². The Labute approximate surface area is 171 Å². The van der Waals surface area contributed by atoms with Crippen molar-refractivity contribution in [3.63, 3.8) is 0 Å². The molecule has 0 spiro atoms. The summed E-state index contributed by atoms with van der Waals surface area (Å²) in [5.41, 5.74) is 0.731. The first-order valence-electron chi connectivity index (χ1n) is 7.79. The normalized spacial score (nSPS) is 10.2. The van der Waals surface area contributed by atoms with E-state index < -0.39 is 11.8 Å². The van der Waals surface area contributed by atoms with Crippen LogP contribution in [0.25, 0.3) is 0 Å². The number of anilines is 1. The molecule has 0 radical (unpaired) electrons. The number of nitrogens with one attached hydrogen (secondary N) is 2. The maximum atomic E-state index is 12.1. The van der Waals surface area contributed by atoms with Crippen molar-refractivity contribution in [1.29, 1.82) is 0 Å². The second-order valence-electron chi connectivity index (χ2n) is 5.62. The van der Waals surface area contributed by atoms with Crippen LogP contribution in [0.5, 0.6) is 0 Å². The van der Waals surface area contributed by atoms with Crippen LogP contribution < -0.4 is 10.6 Å². The van der Waals surface area contributed by atoms with Crippen LogP contribution in [0.3, 0.4) is 0 Å². The van der Waals surface area contributed by atoms with E-state index in [1.807, 2.05) is 0 Å². The first-order chi connectivity index (χ1) is 12.8. The number of benzene rings is 2. The van der Waals surface area contributed by atoms with Crippen LogP contribution in [0.15, 0.2) is 42.5 Å². The number of nitrogens with zero attached hydrogens (tertiary/aromatic N) is 1. The molecule has 0 aliphatic heterocycles. The minimum absolute atomic E-state index is 0.178. The average molecular weight is 429 g/mol. The first kappa shape index (κ1) is 21.0. The summed E-state index contributed by atoms with van der Waals surface area (Å²) in [4.78, 5) is 37.4. The highest BCUT2D eigenvalue weighted by Gasteiger charge is 2.16. The Bertz CT molecular complexity index is 874. The topological polar surface area (TPSA) is 78.5 Å². The van der Waals surface area contributed by atoms with Crippen molar-refractivity contribution in [2.24, 2.45) is 0 Å². The highest BCUT2D eigenvalue weighted by Crippen LogP contribution is 2.20. The molecule has 0 fully saturated rings. The number of halogens is 3. The minimum atomic E-state index is -0.512. The van der Waals surface area contributed by atoms with E-state index in [0.29, 0.717) is 15.7 Å². The van der Waals surface area contributed by atoms with Gasteiger partial charge in [0.1, 0.15) is 0 Å².